The fourth-order valence-corrected chi connectivity index (χ4v) is 2.66. The minimum absolute atomic E-state index is 0.217. The lowest BCUT2D eigenvalue weighted by Gasteiger charge is -2.15. The molecule has 1 aliphatic carbocycles. The minimum atomic E-state index is -2.25. The zero-order valence-corrected chi connectivity index (χ0v) is 11.1. The van der Waals surface area contributed by atoms with Gasteiger partial charge in [-0.1, -0.05) is 12.1 Å². The van der Waals surface area contributed by atoms with Crippen molar-refractivity contribution in [1.29, 1.82) is 0 Å². The largest absolute Gasteiger partial charge is 0.481 e. The van der Waals surface area contributed by atoms with Crippen molar-refractivity contribution in [3.63, 3.8) is 0 Å². The molecule has 0 aromatic heterocycles. The van der Waals surface area contributed by atoms with E-state index in [2.05, 4.69) is 0 Å². The lowest BCUT2D eigenvalue weighted by molar-refractivity contribution is -0.139. The van der Waals surface area contributed by atoms with Gasteiger partial charge in [0, 0.05) is 6.42 Å². The van der Waals surface area contributed by atoms with E-state index in [1.54, 1.807) is 0 Å². The fourth-order valence-electron chi connectivity index (χ4n) is 2.66. The Bertz CT molecular complexity index is 754. The average molecular weight is 310 g/mol. The molecular formula is C16H10F4O2. The molecule has 0 unspecified atom stereocenters. The molecule has 114 valence electrons. The van der Waals surface area contributed by atoms with E-state index in [4.69, 9.17) is 5.11 Å². The highest BCUT2D eigenvalue weighted by molar-refractivity contribution is 5.79. The topological polar surface area (TPSA) is 37.3 Å². The summed E-state index contributed by atoms with van der Waals surface area (Å²) in [6.07, 6.45) is -0.308. The standard InChI is InChI=1S/C16H10F4O2/c17-8-4-5-10(16(20)7-11(16)15(21)22)9(6-8)14-12(18)2-1-3-13(14)19/h1-6,11H,7H2,(H,21,22)/t11-,16+/m0/s1. The summed E-state index contributed by atoms with van der Waals surface area (Å²) in [6, 6.07) is 5.87. The van der Waals surface area contributed by atoms with Crippen molar-refractivity contribution in [2.45, 2.75) is 12.1 Å². The highest BCUT2D eigenvalue weighted by atomic mass is 19.2. The quantitative estimate of drug-likeness (QED) is 0.869. The monoisotopic (exact) mass is 310 g/mol. The molecule has 6 heteroatoms. The number of hydrogen-bond acceptors (Lipinski definition) is 1. The Kier molecular flexibility index (Phi) is 3.20. The van der Waals surface area contributed by atoms with Gasteiger partial charge in [0.15, 0.2) is 5.67 Å². The van der Waals surface area contributed by atoms with Crippen LogP contribution in [0.1, 0.15) is 12.0 Å². The molecule has 2 atom stereocenters. The van der Waals surface area contributed by atoms with Crippen LogP contribution < -0.4 is 0 Å². The van der Waals surface area contributed by atoms with Crippen LogP contribution in [0.3, 0.4) is 0 Å². The first-order valence-corrected chi connectivity index (χ1v) is 6.50. The molecule has 0 amide bonds. The van der Waals surface area contributed by atoms with Gasteiger partial charge in [-0.3, -0.25) is 4.79 Å². The van der Waals surface area contributed by atoms with E-state index in [1.165, 1.54) is 0 Å². The molecule has 0 radical (unpaired) electrons. The van der Waals surface area contributed by atoms with Gasteiger partial charge in [0.1, 0.15) is 17.5 Å². The Balaban J connectivity index is 2.21. The second-order valence-corrected chi connectivity index (χ2v) is 5.24. The molecule has 1 saturated carbocycles. The summed E-state index contributed by atoms with van der Waals surface area (Å²) in [5.41, 5.74) is -3.33. The maximum atomic E-state index is 14.7. The van der Waals surface area contributed by atoms with Crippen LogP contribution in [0.4, 0.5) is 17.6 Å². The summed E-state index contributed by atoms with van der Waals surface area (Å²) in [5, 5.41) is 8.91. The van der Waals surface area contributed by atoms with E-state index in [0.717, 1.165) is 36.4 Å². The lowest BCUT2D eigenvalue weighted by atomic mass is 9.93. The molecule has 1 fully saturated rings. The minimum Gasteiger partial charge on any atom is -0.481 e. The van der Waals surface area contributed by atoms with Gasteiger partial charge in [0.05, 0.1) is 11.5 Å². The molecule has 1 N–H and O–H groups in total. The van der Waals surface area contributed by atoms with Gasteiger partial charge in [-0.05, 0) is 35.4 Å². The number of hydrogen-bond donors (Lipinski definition) is 1. The summed E-state index contributed by atoms with van der Waals surface area (Å²) >= 11 is 0. The van der Waals surface area contributed by atoms with Crippen molar-refractivity contribution in [3.05, 3.63) is 59.4 Å². The number of carbonyl (C=O) groups is 1. The van der Waals surface area contributed by atoms with Crippen LogP contribution in [0, 0.1) is 23.4 Å². The van der Waals surface area contributed by atoms with Crippen LogP contribution in [0.15, 0.2) is 36.4 Å². The fraction of sp³-hybridized carbons (Fsp3) is 0.188. The molecule has 2 aromatic carbocycles. The number of aliphatic carboxylic acids is 1. The van der Waals surface area contributed by atoms with Crippen molar-refractivity contribution in [2.75, 3.05) is 0 Å². The number of benzene rings is 2. The molecule has 0 bridgehead atoms. The van der Waals surface area contributed by atoms with Crippen LogP contribution in [-0.2, 0) is 10.5 Å². The van der Waals surface area contributed by atoms with Gasteiger partial charge < -0.3 is 5.11 Å². The molecule has 0 aliphatic heterocycles. The van der Waals surface area contributed by atoms with Gasteiger partial charge in [-0.2, -0.15) is 0 Å². The Morgan fingerprint density at radius 2 is 1.77 bits per heavy atom. The van der Waals surface area contributed by atoms with Gasteiger partial charge in [0.25, 0.3) is 0 Å². The summed E-state index contributed by atoms with van der Waals surface area (Å²) in [7, 11) is 0. The van der Waals surface area contributed by atoms with Crippen LogP contribution in [0.25, 0.3) is 11.1 Å². The zero-order chi connectivity index (χ0) is 16.1. The number of rotatable bonds is 3. The number of carboxylic acids is 1. The average Bonchev–Trinajstić information content (AvgIpc) is 3.12. The van der Waals surface area contributed by atoms with Gasteiger partial charge >= 0.3 is 5.97 Å². The van der Waals surface area contributed by atoms with Crippen molar-refractivity contribution in [3.8, 4) is 11.1 Å². The second kappa shape index (κ2) is 4.83. The Morgan fingerprint density at radius 3 is 2.32 bits per heavy atom. The van der Waals surface area contributed by atoms with Crippen molar-refractivity contribution >= 4 is 5.97 Å². The van der Waals surface area contributed by atoms with Gasteiger partial charge in [-0.15, -0.1) is 0 Å². The third-order valence-electron chi connectivity index (χ3n) is 3.85. The third-order valence-corrected chi connectivity index (χ3v) is 3.85. The third kappa shape index (κ3) is 2.15. The Labute approximate surface area is 123 Å². The van der Waals surface area contributed by atoms with E-state index < -0.39 is 40.6 Å². The molecule has 0 heterocycles. The molecular weight excluding hydrogens is 300 g/mol. The second-order valence-electron chi connectivity index (χ2n) is 5.24. The molecule has 2 aromatic rings. The summed E-state index contributed by atoms with van der Waals surface area (Å²) < 4.78 is 56.0. The molecule has 22 heavy (non-hydrogen) atoms. The Morgan fingerprint density at radius 1 is 1.14 bits per heavy atom. The summed E-state index contributed by atoms with van der Waals surface area (Å²) in [6.45, 7) is 0. The Hall–Kier alpha value is -2.37. The number of halogens is 4. The molecule has 3 rings (SSSR count). The van der Waals surface area contributed by atoms with E-state index in [0.29, 0.717) is 0 Å². The first-order chi connectivity index (χ1) is 10.3. The van der Waals surface area contributed by atoms with Crippen LogP contribution in [-0.4, -0.2) is 11.1 Å². The van der Waals surface area contributed by atoms with E-state index >= 15 is 0 Å². The normalized spacial score (nSPS) is 23.4. The first-order valence-electron chi connectivity index (χ1n) is 6.50. The van der Waals surface area contributed by atoms with E-state index in [1.807, 2.05) is 0 Å². The van der Waals surface area contributed by atoms with Crippen molar-refractivity contribution < 1.29 is 27.5 Å². The maximum absolute atomic E-state index is 14.7. The summed E-state index contributed by atoms with van der Waals surface area (Å²) in [5.74, 6) is -5.37. The highest BCUT2D eigenvalue weighted by Gasteiger charge is 2.62. The maximum Gasteiger partial charge on any atom is 0.310 e. The molecule has 1 aliphatic rings. The lowest BCUT2D eigenvalue weighted by Crippen LogP contribution is -2.11. The predicted molar refractivity (Wildman–Crippen MR) is 70.3 cm³/mol. The smallest absolute Gasteiger partial charge is 0.310 e. The van der Waals surface area contributed by atoms with Gasteiger partial charge in [0.2, 0.25) is 0 Å². The van der Waals surface area contributed by atoms with Crippen LogP contribution >= 0.6 is 0 Å². The molecule has 2 nitrogen and oxygen atoms in total. The predicted octanol–water partition coefficient (Wildman–Crippen LogP) is 4.04. The van der Waals surface area contributed by atoms with Crippen molar-refractivity contribution in [2.24, 2.45) is 5.92 Å². The molecule has 0 spiro atoms. The van der Waals surface area contributed by atoms with E-state index in [9.17, 15) is 22.4 Å². The van der Waals surface area contributed by atoms with Crippen LogP contribution in [0.5, 0.6) is 0 Å². The van der Waals surface area contributed by atoms with Crippen molar-refractivity contribution in [1.82, 2.24) is 0 Å². The van der Waals surface area contributed by atoms with Crippen LogP contribution in [0.2, 0.25) is 0 Å². The summed E-state index contributed by atoms with van der Waals surface area (Å²) in [4.78, 5) is 10.9. The van der Waals surface area contributed by atoms with E-state index in [-0.39, 0.29) is 17.5 Å². The first kappa shape index (κ1) is 14.6. The van der Waals surface area contributed by atoms with Gasteiger partial charge in [-0.25, -0.2) is 17.6 Å². The number of carboxylic acid groups (broad SMARTS) is 1. The zero-order valence-electron chi connectivity index (χ0n) is 11.1. The highest BCUT2D eigenvalue weighted by Crippen LogP contribution is 2.58. The molecule has 0 saturated heterocycles. The number of alkyl halides is 1. The SMILES string of the molecule is O=C(O)[C@@H]1C[C@@]1(F)c1ccc(F)cc1-c1c(F)cccc1F.